The molecule has 20 heavy (non-hydrogen) atoms. The molecule has 1 aliphatic rings. The molecule has 0 aromatic heterocycles. The maximum Gasteiger partial charge on any atom is 0.316 e. The zero-order valence-electron chi connectivity index (χ0n) is 11.6. The summed E-state index contributed by atoms with van der Waals surface area (Å²) in [7, 11) is -2.07. The molecule has 0 radical (unpaired) electrons. The largest absolute Gasteiger partial charge is 0.468 e. The van der Waals surface area contributed by atoms with Gasteiger partial charge in [-0.05, 0) is 44.4 Å². The number of esters is 1. The average molecular weight is 317 g/mol. The third-order valence-corrected chi connectivity index (χ3v) is 6.37. The highest BCUT2D eigenvalue weighted by Gasteiger charge is 2.52. The van der Waals surface area contributed by atoms with Crippen molar-refractivity contribution in [3.05, 3.63) is 28.8 Å². The topological polar surface area (TPSA) is 60.4 Å². The standard InChI is InChI=1S/C14H17ClO4S/c1-9(2)20(17,18)12-5-4-10(8-11(12)15)14(6-7-14)13(16)19-3/h4-5,8-9H,6-7H2,1-3H3. The quantitative estimate of drug-likeness (QED) is 0.801. The Morgan fingerprint density at radius 1 is 1.35 bits per heavy atom. The summed E-state index contributed by atoms with van der Waals surface area (Å²) in [5, 5.41) is -0.382. The Morgan fingerprint density at radius 2 is 1.95 bits per heavy atom. The van der Waals surface area contributed by atoms with Gasteiger partial charge in [-0.2, -0.15) is 0 Å². The lowest BCUT2D eigenvalue weighted by atomic mass is 9.96. The van der Waals surface area contributed by atoms with Gasteiger partial charge in [0, 0.05) is 0 Å². The zero-order valence-corrected chi connectivity index (χ0v) is 13.2. The van der Waals surface area contributed by atoms with Crippen LogP contribution in [0.15, 0.2) is 23.1 Å². The van der Waals surface area contributed by atoms with Crippen LogP contribution in [0.2, 0.25) is 5.02 Å². The molecule has 0 spiro atoms. The van der Waals surface area contributed by atoms with Crippen molar-refractivity contribution in [2.45, 2.75) is 42.2 Å². The molecule has 0 saturated heterocycles. The van der Waals surface area contributed by atoms with Crippen LogP contribution in [-0.2, 0) is 24.8 Å². The van der Waals surface area contributed by atoms with Crippen LogP contribution in [0.4, 0.5) is 0 Å². The zero-order chi connectivity index (χ0) is 15.1. The molecule has 1 saturated carbocycles. The van der Waals surface area contributed by atoms with Gasteiger partial charge in [-0.25, -0.2) is 8.42 Å². The van der Waals surface area contributed by atoms with E-state index in [1.807, 2.05) is 0 Å². The predicted octanol–water partition coefficient (Wildman–Crippen LogP) is 2.73. The van der Waals surface area contributed by atoms with Crippen LogP contribution in [0, 0.1) is 0 Å². The molecule has 6 heteroatoms. The highest BCUT2D eigenvalue weighted by atomic mass is 35.5. The van der Waals surface area contributed by atoms with Crippen molar-refractivity contribution >= 4 is 27.4 Å². The number of sulfone groups is 1. The molecule has 1 aromatic carbocycles. The first-order valence-corrected chi connectivity index (χ1v) is 8.30. The second-order valence-electron chi connectivity index (χ2n) is 5.31. The summed E-state index contributed by atoms with van der Waals surface area (Å²) in [6, 6.07) is 4.71. The van der Waals surface area contributed by atoms with Crippen molar-refractivity contribution in [3.63, 3.8) is 0 Å². The Morgan fingerprint density at radius 3 is 2.35 bits per heavy atom. The van der Waals surface area contributed by atoms with Crippen LogP contribution in [0.25, 0.3) is 0 Å². The molecule has 0 unspecified atom stereocenters. The molecule has 0 amide bonds. The van der Waals surface area contributed by atoms with Gasteiger partial charge in [-0.3, -0.25) is 4.79 Å². The third kappa shape index (κ3) is 2.33. The number of carbonyl (C=O) groups is 1. The number of ether oxygens (including phenoxy) is 1. The number of halogens is 1. The first kappa shape index (κ1) is 15.3. The number of benzene rings is 1. The molecule has 2 rings (SSSR count). The Bertz CT molecular complexity index is 645. The second kappa shape index (κ2) is 5.04. The third-order valence-electron chi connectivity index (χ3n) is 3.74. The van der Waals surface area contributed by atoms with Crippen LogP contribution in [-0.4, -0.2) is 26.7 Å². The van der Waals surface area contributed by atoms with Crippen LogP contribution in [0.1, 0.15) is 32.3 Å². The van der Waals surface area contributed by atoms with E-state index in [4.69, 9.17) is 16.3 Å². The fourth-order valence-electron chi connectivity index (χ4n) is 2.21. The molecule has 4 nitrogen and oxygen atoms in total. The van der Waals surface area contributed by atoms with Crippen LogP contribution in [0.5, 0.6) is 0 Å². The number of carbonyl (C=O) groups excluding carboxylic acids is 1. The molecule has 110 valence electrons. The summed E-state index contributed by atoms with van der Waals surface area (Å²) in [6.07, 6.45) is 1.40. The Labute approximate surface area is 124 Å². The fourth-order valence-corrected chi connectivity index (χ4v) is 3.81. The number of hydrogen-bond donors (Lipinski definition) is 0. The average Bonchev–Trinajstić information content (AvgIpc) is 3.18. The minimum absolute atomic E-state index is 0.110. The SMILES string of the molecule is COC(=O)C1(c2ccc(S(=O)(=O)C(C)C)c(Cl)c2)CC1. The minimum Gasteiger partial charge on any atom is -0.468 e. The summed E-state index contributed by atoms with van der Waals surface area (Å²) in [4.78, 5) is 11.9. The van der Waals surface area contributed by atoms with Crippen molar-refractivity contribution in [2.75, 3.05) is 7.11 Å². The van der Waals surface area contributed by atoms with Gasteiger partial charge < -0.3 is 4.74 Å². The molecule has 0 N–H and O–H groups in total. The summed E-state index contributed by atoms with van der Waals surface area (Å²) in [5.41, 5.74) is 0.0791. The molecule has 1 fully saturated rings. The van der Waals surface area contributed by atoms with E-state index in [0.717, 1.165) is 5.56 Å². The van der Waals surface area contributed by atoms with E-state index in [-0.39, 0.29) is 15.9 Å². The van der Waals surface area contributed by atoms with Crippen molar-refractivity contribution in [1.29, 1.82) is 0 Å². The van der Waals surface area contributed by atoms with E-state index in [0.29, 0.717) is 12.8 Å². The number of methoxy groups -OCH3 is 1. The summed E-state index contributed by atoms with van der Waals surface area (Å²) >= 11 is 6.11. The van der Waals surface area contributed by atoms with E-state index in [1.165, 1.54) is 13.2 Å². The van der Waals surface area contributed by atoms with Crippen molar-refractivity contribution in [2.24, 2.45) is 0 Å². The van der Waals surface area contributed by atoms with Gasteiger partial charge >= 0.3 is 5.97 Å². The van der Waals surface area contributed by atoms with E-state index in [9.17, 15) is 13.2 Å². The Kier molecular flexibility index (Phi) is 3.86. The summed E-state index contributed by atoms with van der Waals surface area (Å²) in [5.74, 6) is -0.298. The van der Waals surface area contributed by atoms with Gasteiger partial charge in [0.05, 0.1) is 27.7 Å². The lowest BCUT2D eigenvalue weighted by molar-refractivity contribution is -0.143. The first-order chi connectivity index (χ1) is 9.25. The van der Waals surface area contributed by atoms with Crippen LogP contribution < -0.4 is 0 Å². The smallest absolute Gasteiger partial charge is 0.316 e. The fraction of sp³-hybridized carbons (Fsp3) is 0.500. The van der Waals surface area contributed by atoms with Crippen molar-refractivity contribution < 1.29 is 17.9 Å². The van der Waals surface area contributed by atoms with Gasteiger partial charge in [0.25, 0.3) is 0 Å². The van der Waals surface area contributed by atoms with E-state index in [2.05, 4.69) is 0 Å². The first-order valence-electron chi connectivity index (χ1n) is 6.38. The van der Waals surface area contributed by atoms with Gasteiger partial charge in [-0.1, -0.05) is 17.7 Å². The lowest BCUT2D eigenvalue weighted by Gasteiger charge is -2.15. The summed E-state index contributed by atoms with van der Waals surface area (Å²) in [6.45, 7) is 3.22. The van der Waals surface area contributed by atoms with Crippen LogP contribution >= 0.6 is 11.6 Å². The van der Waals surface area contributed by atoms with Crippen molar-refractivity contribution in [3.8, 4) is 0 Å². The monoisotopic (exact) mass is 316 g/mol. The van der Waals surface area contributed by atoms with Crippen LogP contribution in [0.3, 0.4) is 0 Å². The van der Waals surface area contributed by atoms with Gasteiger partial charge in [0.15, 0.2) is 9.84 Å². The number of hydrogen-bond acceptors (Lipinski definition) is 4. The maximum absolute atomic E-state index is 12.1. The molecule has 1 aliphatic carbocycles. The second-order valence-corrected chi connectivity index (χ2v) is 8.19. The molecular weight excluding hydrogens is 300 g/mol. The molecule has 0 heterocycles. The van der Waals surface area contributed by atoms with E-state index in [1.54, 1.807) is 26.0 Å². The van der Waals surface area contributed by atoms with E-state index < -0.39 is 20.5 Å². The van der Waals surface area contributed by atoms with E-state index >= 15 is 0 Å². The minimum atomic E-state index is -3.42. The molecule has 0 bridgehead atoms. The Hall–Kier alpha value is -1.07. The molecule has 0 aliphatic heterocycles. The molecule has 1 aromatic rings. The highest BCUT2D eigenvalue weighted by molar-refractivity contribution is 7.92. The summed E-state index contributed by atoms with van der Waals surface area (Å²) < 4.78 is 29.1. The van der Waals surface area contributed by atoms with Gasteiger partial charge in [-0.15, -0.1) is 0 Å². The maximum atomic E-state index is 12.1. The van der Waals surface area contributed by atoms with Gasteiger partial charge in [0.2, 0.25) is 0 Å². The van der Waals surface area contributed by atoms with Gasteiger partial charge in [0.1, 0.15) is 0 Å². The molecule has 0 atom stereocenters. The normalized spacial score (nSPS) is 17.1. The highest BCUT2D eigenvalue weighted by Crippen LogP contribution is 2.50. The van der Waals surface area contributed by atoms with Crippen molar-refractivity contribution in [1.82, 2.24) is 0 Å². The Balaban J connectivity index is 2.45. The lowest BCUT2D eigenvalue weighted by Crippen LogP contribution is -2.22. The molecular formula is C14H17ClO4S. The predicted molar refractivity (Wildman–Crippen MR) is 76.7 cm³/mol. The number of rotatable bonds is 4.